The number of ether oxygens (including phenoxy) is 2. The maximum Gasteiger partial charge on any atom is 0.417 e. The third-order valence-corrected chi connectivity index (χ3v) is 3.91. The molecule has 0 aliphatic rings. The number of carbonyl (C=O) groups excluding carboxylic acids is 1. The number of nitrogens with one attached hydrogen (secondary N) is 1. The molecule has 0 fully saturated rings. The summed E-state index contributed by atoms with van der Waals surface area (Å²) in [6.07, 6.45) is -2.74. The Labute approximate surface area is 168 Å². The Morgan fingerprint density at radius 2 is 1.83 bits per heavy atom. The Hall–Kier alpha value is -3.69. The zero-order chi connectivity index (χ0) is 21.9. The Kier molecular flexibility index (Phi) is 5.86. The van der Waals surface area contributed by atoms with Crippen molar-refractivity contribution < 1.29 is 31.8 Å². The van der Waals surface area contributed by atoms with Crippen molar-refractivity contribution in [1.82, 2.24) is 9.97 Å². The highest BCUT2D eigenvalue weighted by Gasteiger charge is 2.33. The molecule has 2 heterocycles. The summed E-state index contributed by atoms with van der Waals surface area (Å²) in [5.41, 5.74) is -0.666. The number of rotatable bonds is 5. The molecule has 1 N–H and O–H groups in total. The van der Waals surface area contributed by atoms with Crippen LogP contribution >= 0.6 is 0 Å². The Balaban J connectivity index is 2.01. The van der Waals surface area contributed by atoms with Gasteiger partial charge in [-0.05, 0) is 37.3 Å². The van der Waals surface area contributed by atoms with E-state index in [1.54, 1.807) is 13.0 Å². The molecule has 0 spiro atoms. The lowest BCUT2D eigenvalue weighted by Crippen LogP contribution is -2.16. The summed E-state index contributed by atoms with van der Waals surface area (Å²) in [7, 11) is 1.27. The lowest BCUT2D eigenvalue weighted by molar-refractivity contribution is -0.137. The van der Waals surface area contributed by atoms with Crippen LogP contribution in [0.5, 0.6) is 17.4 Å². The monoisotopic (exact) mass is 421 g/mol. The molecule has 0 unspecified atom stereocenters. The SMILES string of the molecule is COc1cc(F)ccc1Oc1ncc(C(F)(F)F)cc1C(=O)Nc1ccnc(C)c1. The van der Waals surface area contributed by atoms with Crippen molar-refractivity contribution in [3.8, 4) is 17.4 Å². The van der Waals surface area contributed by atoms with Crippen LogP contribution in [0.15, 0.2) is 48.8 Å². The summed E-state index contributed by atoms with van der Waals surface area (Å²) < 4.78 is 63.3. The quantitative estimate of drug-likeness (QED) is 0.587. The number of hydrogen-bond donors (Lipinski definition) is 1. The standard InChI is InChI=1S/C20H15F4N3O3/c1-11-7-14(5-6-25-11)27-18(28)15-8-12(20(22,23)24)10-26-19(15)30-16-4-3-13(21)9-17(16)29-2/h3-10H,1-2H3,(H,25,27,28). The Morgan fingerprint density at radius 3 is 2.50 bits per heavy atom. The number of alkyl halides is 3. The molecule has 0 aliphatic heterocycles. The van der Waals surface area contributed by atoms with Crippen LogP contribution in [0.2, 0.25) is 0 Å². The number of nitrogens with zero attached hydrogens (tertiary/aromatic N) is 2. The van der Waals surface area contributed by atoms with Crippen LogP contribution in [0.4, 0.5) is 23.2 Å². The van der Waals surface area contributed by atoms with Gasteiger partial charge in [0.2, 0.25) is 5.88 Å². The maximum absolute atomic E-state index is 13.4. The second-order valence-electron chi connectivity index (χ2n) is 6.11. The fourth-order valence-corrected chi connectivity index (χ4v) is 2.50. The molecular formula is C20H15F4N3O3. The van der Waals surface area contributed by atoms with E-state index in [9.17, 15) is 22.4 Å². The third-order valence-electron chi connectivity index (χ3n) is 3.91. The zero-order valence-corrected chi connectivity index (χ0v) is 15.7. The normalized spacial score (nSPS) is 11.1. The summed E-state index contributed by atoms with van der Waals surface area (Å²) >= 11 is 0. The summed E-state index contributed by atoms with van der Waals surface area (Å²) in [6, 6.07) is 6.96. The molecule has 2 aromatic heterocycles. The third kappa shape index (κ3) is 4.83. The van der Waals surface area contributed by atoms with Gasteiger partial charge in [-0.25, -0.2) is 9.37 Å². The van der Waals surface area contributed by atoms with E-state index in [2.05, 4.69) is 15.3 Å². The van der Waals surface area contributed by atoms with Crippen LogP contribution in [-0.2, 0) is 6.18 Å². The van der Waals surface area contributed by atoms with Crippen LogP contribution < -0.4 is 14.8 Å². The Bertz CT molecular complexity index is 1090. The second-order valence-corrected chi connectivity index (χ2v) is 6.11. The Morgan fingerprint density at radius 1 is 1.07 bits per heavy atom. The molecule has 3 rings (SSSR count). The number of hydrogen-bond acceptors (Lipinski definition) is 5. The first-order chi connectivity index (χ1) is 14.2. The largest absolute Gasteiger partial charge is 0.493 e. The molecule has 6 nitrogen and oxygen atoms in total. The molecule has 1 amide bonds. The number of anilines is 1. The lowest BCUT2D eigenvalue weighted by Gasteiger charge is -2.15. The van der Waals surface area contributed by atoms with Crippen molar-refractivity contribution in [3.63, 3.8) is 0 Å². The van der Waals surface area contributed by atoms with Gasteiger partial charge in [0.1, 0.15) is 11.4 Å². The molecule has 3 aromatic rings. The van der Waals surface area contributed by atoms with E-state index < -0.39 is 34.9 Å². The molecule has 0 atom stereocenters. The van der Waals surface area contributed by atoms with Gasteiger partial charge in [-0.3, -0.25) is 9.78 Å². The highest BCUT2D eigenvalue weighted by atomic mass is 19.4. The zero-order valence-electron chi connectivity index (χ0n) is 15.7. The summed E-state index contributed by atoms with van der Waals surface area (Å²) in [4.78, 5) is 20.4. The first-order valence-electron chi connectivity index (χ1n) is 8.50. The van der Waals surface area contributed by atoms with Crippen molar-refractivity contribution in [3.05, 3.63) is 71.4 Å². The average Bonchev–Trinajstić information content (AvgIpc) is 2.68. The van der Waals surface area contributed by atoms with E-state index in [-0.39, 0.29) is 11.5 Å². The number of aromatic nitrogens is 2. The van der Waals surface area contributed by atoms with Gasteiger partial charge in [0.05, 0.1) is 12.7 Å². The fraction of sp³-hybridized carbons (Fsp3) is 0.150. The van der Waals surface area contributed by atoms with Crippen molar-refractivity contribution in [2.45, 2.75) is 13.1 Å². The molecule has 0 aliphatic carbocycles. The van der Waals surface area contributed by atoms with E-state index >= 15 is 0 Å². The smallest absolute Gasteiger partial charge is 0.417 e. The first-order valence-corrected chi connectivity index (χ1v) is 8.50. The molecular weight excluding hydrogens is 406 g/mol. The number of halogens is 4. The van der Waals surface area contributed by atoms with Crippen molar-refractivity contribution >= 4 is 11.6 Å². The van der Waals surface area contributed by atoms with Crippen LogP contribution in [0.1, 0.15) is 21.6 Å². The van der Waals surface area contributed by atoms with E-state index in [1.165, 1.54) is 25.4 Å². The van der Waals surface area contributed by atoms with E-state index in [4.69, 9.17) is 9.47 Å². The van der Waals surface area contributed by atoms with Gasteiger partial charge in [0.25, 0.3) is 5.91 Å². The van der Waals surface area contributed by atoms with Crippen LogP contribution in [-0.4, -0.2) is 23.0 Å². The second kappa shape index (κ2) is 8.36. The lowest BCUT2D eigenvalue weighted by atomic mass is 10.1. The van der Waals surface area contributed by atoms with Gasteiger partial charge in [-0.15, -0.1) is 0 Å². The van der Waals surface area contributed by atoms with E-state index in [0.717, 1.165) is 12.1 Å². The molecule has 1 aromatic carbocycles. The average molecular weight is 421 g/mol. The van der Waals surface area contributed by atoms with E-state index in [1.807, 2.05) is 0 Å². The van der Waals surface area contributed by atoms with Crippen molar-refractivity contribution in [1.29, 1.82) is 0 Å². The van der Waals surface area contributed by atoms with Crippen molar-refractivity contribution in [2.24, 2.45) is 0 Å². The number of aryl methyl sites for hydroxylation is 1. The predicted octanol–water partition coefficient (Wildman–Crippen LogP) is 5.00. The molecule has 0 bridgehead atoms. The highest BCUT2D eigenvalue weighted by molar-refractivity contribution is 6.06. The van der Waals surface area contributed by atoms with Gasteiger partial charge >= 0.3 is 6.18 Å². The minimum atomic E-state index is -4.72. The number of carbonyl (C=O) groups is 1. The maximum atomic E-state index is 13.4. The van der Waals surface area contributed by atoms with Crippen LogP contribution in [0.25, 0.3) is 0 Å². The number of amides is 1. The van der Waals surface area contributed by atoms with Gasteiger partial charge in [-0.1, -0.05) is 0 Å². The number of benzene rings is 1. The summed E-state index contributed by atoms with van der Waals surface area (Å²) in [5, 5.41) is 2.48. The topological polar surface area (TPSA) is 73.3 Å². The minimum absolute atomic E-state index is 0.0205. The molecule has 0 saturated carbocycles. The molecule has 30 heavy (non-hydrogen) atoms. The molecule has 10 heteroatoms. The molecule has 0 saturated heterocycles. The van der Waals surface area contributed by atoms with Crippen LogP contribution in [0.3, 0.4) is 0 Å². The van der Waals surface area contributed by atoms with E-state index in [0.29, 0.717) is 23.6 Å². The van der Waals surface area contributed by atoms with Gasteiger partial charge < -0.3 is 14.8 Å². The highest BCUT2D eigenvalue weighted by Crippen LogP contribution is 2.35. The first kappa shape index (κ1) is 21.0. The van der Waals surface area contributed by atoms with Crippen molar-refractivity contribution in [2.75, 3.05) is 12.4 Å². The van der Waals surface area contributed by atoms with Gasteiger partial charge in [0.15, 0.2) is 11.5 Å². The summed E-state index contributed by atoms with van der Waals surface area (Å²) in [5.74, 6) is -1.94. The molecule has 156 valence electrons. The number of methoxy groups -OCH3 is 1. The van der Waals surface area contributed by atoms with Crippen LogP contribution in [0, 0.1) is 12.7 Å². The summed E-state index contributed by atoms with van der Waals surface area (Å²) in [6.45, 7) is 1.69. The number of pyridine rings is 2. The van der Waals surface area contributed by atoms with Gasteiger partial charge in [0, 0.05) is 29.8 Å². The molecule has 0 radical (unpaired) electrons. The van der Waals surface area contributed by atoms with Gasteiger partial charge in [-0.2, -0.15) is 13.2 Å². The minimum Gasteiger partial charge on any atom is -0.493 e. The predicted molar refractivity (Wildman–Crippen MR) is 99.2 cm³/mol. The fourth-order valence-electron chi connectivity index (χ4n) is 2.50.